The molecule has 2 saturated heterocycles. The summed E-state index contributed by atoms with van der Waals surface area (Å²) in [6.45, 7) is 7.45. The molecule has 27 heavy (non-hydrogen) atoms. The molecular weight excluding hydrogens is 461 g/mol. The molecule has 0 aromatic heterocycles. The number of aliphatic hydroxyl groups excluding tert-OH is 1. The van der Waals surface area contributed by atoms with E-state index in [-0.39, 0.29) is 36.0 Å². The van der Waals surface area contributed by atoms with E-state index in [0.717, 1.165) is 57.9 Å². The number of nitrogens with one attached hydrogen (secondary N) is 1. The zero-order valence-corrected chi connectivity index (χ0v) is 18.6. The van der Waals surface area contributed by atoms with Gasteiger partial charge in [0.1, 0.15) is 0 Å². The second-order valence-electron chi connectivity index (χ2n) is 7.44. The van der Waals surface area contributed by atoms with E-state index in [4.69, 9.17) is 4.74 Å². The summed E-state index contributed by atoms with van der Waals surface area (Å²) in [4.78, 5) is 23.2. The molecule has 2 N–H and O–H groups in total. The highest BCUT2D eigenvalue weighted by molar-refractivity contribution is 14.0. The van der Waals surface area contributed by atoms with Gasteiger partial charge in [0.05, 0.1) is 25.9 Å². The van der Waals surface area contributed by atoms with Crippen LogP contribution in [0.3, 0.4) is 0 Å². The van der Waals surface area contributed by atoms with E-state index in [9.17, 15) is 9.90 Å². The van der Waals surface area contributed by atoms with Crippen molar-refractivity contribution < 1.29 is 14.6 Å². The van der Waals surface area contributed by atoms with Crippen LogP contribution >= 0.6 is 24.0 Å². The Kier molecular flexibility index (Phi) is 9.54. The van der Waals surface area contributed by atoms with Gasteiger partial charge in [-0.25, -0.2) is 0 Å². The van der Waals surface area contributed by atoms with Gasteiger partial charge in [-0.15, -0.1) is 24.0 Å². The lowest BCUT2D eigenvalue weighted by molar-refractivity contribution is -0.136. The standard InChI is InChI=1S/C18H33N5O3.HI/c1-19-18(20-13-15-3-2-4-16(15)24)23-7-5-21(6-8-23)14-17(25)22-9-11-26-12-10-22;/h15-16,24H,2-14H2,1H3,(H,19,20);1H. The van der Waals surface area contributed by atoms with Gasteiger partial charge in [0, 0.05) is 58.8 Å². The molecule has 1 aliphatic carbocycles. The van der Waals surface area contributed by atoms with E-state index in [2.05, 4.69) is 20.1 Å². The lowest BCUT2D eigenvalue weighted by Gasteiger charge is -2.37. The number of halogens is 1. The van der Waals surface area contributed by atoms with E-state index in [1.54, 1.807) is 0 Å². The molecule has 8 nitrogen and oxygen atoms in total. The van der Waals surface area contributed by atoms with Crippen LogP contribution in [0.25, 0.3) is 0 Å². The molecule has 9 heteroatoms. The van der Waals surface area contributed by atoms with E-state index in [0.29, 0.717) is 38.8 Å². The number of hydrogen-bond acceptors (Lipinski definition) is 5. The maximum atomic E-state index is 12.4. The van der Waals surface area contributed by atoms with Crippen molar-refractivity contribution in [1.82, 2.24) is 20.0 Å². The summed E-state index contributed by atoms with van der Waals surface area (Å²) in [6, 6.07) is 0. The first-order valence-electron chi connectivity index (χ1n) is 9.89. The minimum Gasteiger partial charge on any atom is -0.393 e. The summed E-state index contributed by atoms with van der Waals surface area (Å²) in [5, 5.41) is 13.4. The van der Waals surface area contributed by atoms with Gasteiger partial charge >= 0.3 is 0 Å². The van der Waals surface area contributed by atoms with Crippen molar-refractivity contribution in [2.45, 2.75) is 25.4 Å². The third-order valence-electron chi connectivity index (χ3n) is 5.75. The van der Waals surface area contributed by atoms with Crippen LogP contribution in [-0.2, 0) is 9.53 Å². The fraction of sp³-hybridized carbons (Fsp3) is 0.889. The number of aliphatic imine (C=N–C) groups is 1. The zero-order valence-electron chi connectivity index (χ0n) is 16.3. The van der Waals surface area contributed by atoms with Crippen LogP contribution in [0.5, 0.6) is 0 Å². The first-order valence-corrected chi connectivity index (χ1v) is 9.89. The van der Waals surface area contributed by atoms with Gasteiger partial charge in [-0.05, 0) is 12.8 Å². The SMILES string of the molecule is CN=C(NCC1CCCC1O)N1CCN(CC(=O)N2CCOCC2)CC1.I. The average Bonchev–Trinajstić information content (AvgIpc) is 3.09. The van der Waals surface area contributed by atoms with Crippen LogP contribution < -0.4 is 5.32 Å². The van der Waals surface area contributed by atoms with E-state index in [1.807, 2.05) is 11.9 Å². The minimum atomic E-state index is -0.177. The second-order valence-corrected chi connectivity index (χ2v) is 7.44. The van der Waals surface area contributed by atoms with Gasteiger partial charge in [0.25, 0.3) is 0 Å². The Morgan fingerprint density at radius 3 is 2.41 bits per heavy atom. The molecule has 2 unspecified atom stereocenters. The highest BCUT2D eigenvalue weighted by Crippen LogP contribution is 2.24. The summed E-state index contributed by atoms with van der Waals surface area (Å²) >= 11 is 0. The molecule has 2 atom stereocenters. The maximum Gasteiger partial charge on any atom is 0.236 e. The Labute approximate surface area is 179 Å². The van der Waals surface area contributed by atoms with Crippen LogP contribution in [0.15, 0.2) is 4.99 Å². The topological polar surface area (TPSA) is 80.6 Å². The van der Waals surface area contributed by atoms with Crippen molar-refractivity contribution in [3.8, 4) is 0 Å². The highest BCUT2D eigenvalue weighted by Gasteiger charge is 2.27. The average molecular weight is 495 g/mol. The third-order valence-corrected chi connectivity index (χ3v) is 5.75. The smallest absolute Gasteiger partial charge is 0.236 e. The number of nitrogens with zero attached hydrogens (tertiary/aromatic N) is 4. The van der Waals surface area contributed by atoms with Crippen molar-refractivity contribution in [3.63, 3.8) is 0 Å². The van der Waals surface area contributed by atoms with Gasteiger partial charge in [0.2, 0.25) is 5.91 Å². The third kappa shape index (κ3) is 6.43. The summed E-state index contributed by atoms with van der Waals surface area (Å²) < 4.78 is 5.31. The highest BCUT2D eigenvalue weighted by atomic mass is 127. The van der Waals surface area contributed by atoms with E-state index >= 15 is 0 Å². The Balaban J connectivity index is 0.00000261. The molecule has 156 valence electrons. The van der Waals surface area contributed by atoms with Gasteiger partial charge in [-0.1, -0.05) is 6.42 Å². The van der Waals surface area contributed by atoms with Gasteiger partial charge in [-0.3, -0.25) is 14.7 Å². The number of carbonyl (C=O) groups excluding carboxylic acids is 1. The molecule has 2 heterocycles. The Bertz CT molecular complexity index is 493. The van der Waals surface area contributed by atoms with Gasteiger partial charge < -0.3 is 25.0 Å². The van der Waals surface area contributed by atoms with Gasteiger partial charge in [0.15, 0.2) is 5.96 Å². The lowest BCUT2D eigenvalue weighted by atomic mass is 10.1. The monoisotopic (exact) mass is 495 g/mol. The van der Waals surface area contributed by atoms with Crippen LogP contribution in [0.1, 0.15) is 19.3 Å². The van der Waals surface area contributed by atoms with Crippen LogP contribution in [0.2, 0.25) is 0 Å². The summed E-state index contributed by atoms with van der Waals surface area (Å²) in [5.74, 6) is 1.45. The molecule has 0 bridgehead atoms. The molecule has 2 aliphatic heterocycles. The molecule has 3 aliphatic rings. The van der Waals surface area contributed by atoms with Crippen LogP contribution in [0, 0.1) is 5.92 Å². The van der Waals surface area contributed by atoms with Crippen molar-refractivity contribution in [1.29, 1.82) is 0 Å². The largest absolute Gasteiger partial charge is 0.393 e. The number of guanidine groups is 1. The Morgan fingerprint density at radius 1 is 1.11 bits per heavy atom. The van der Waals surface area contributed by atoms with Crippen molar-refractivity contribution in [2.24, 2.45) is 10.9 Å². The second kappa shape index (κ2) is 11.4. The molecule has 1 saturated carbocycles. The van der Waals surface area contributed by atoms with Crippen molar-refractivity contribution in [2.75, 3.05) is 72.6 Å². The number of carbonyl (C=O) groups is 1. The number of morpholine rings is 1. The molecule has 0 aromatic rings. The molecule has 0 radical (unpaired) electrons. The summed E-state index contributed by atoms with van der Waals surface area (Å²) in [7, 11) is 1.81. The molecule has 0 aromatic carbocycles. The quantitative estimate of drug-likeness (QED) is 0.320. The van der Waals surface area contributed by atoms with Crippen LogP contribution in [-0.4, -0.2) is 110 Å². The Morgan fingerprint density at radius 2 is 1.81 bits per heavy atom. The number of aliphatic hydroxyl groups is 1. The van der Waals surface area contributed by atoms with E-state index < -0.39 is 0 Å². The number of hydrogen-bond donors (Lipinski definition) is 2. The maximum absolute atomic E-state index is 12.4. The summed E-state index contributed by atoms with van der Waals surface area (Å²) in [5.41, 5.74) is 0. The fourth-order valence-electron chi connectivity index (χ4n) is 4.03. The van der Waals surface area contributed by atoms with Gasteiger partial charge in [-0.2, -0.15) is 0 Å². The van der Waals surface area contributed by atoms with Crippen molar-refractivity contribution >= 4 is 35.8 Å². The fourth-order valence-corrected chi connectivity index (χ4v) is 4.03. The number of amides is 1. The van der Waals surface area contributed by atoms with E-state index in [1.165, 1.54) is 0 Å². The number of rotatable bonds is 4. The summed E-state index contributed by atoms with van der Waals surface area (Å²) in [6.07, 6.45) is 2.94. The number of ether oxygens (including phenoxy) is 1. The first kappa shape index (κ1) is 22.6. The molecular formula is C18H34IN5O3. The normalized spacial score (nSPS) is 27.4. The first-order chi connectivity index (χ1) is 12.7. The number of piperazine rings is 1. The molecule has 3 rings (SSSR count). The lowest BCUT2D eigenvalue weighted by Crippen LogP contribution is -2.55. The predicted octanol–water partition coefficient (Wildman–Crippen LogP) is -0.183. The predicted molar refractivity (Wildman–Crippen MR) is 116 cm³/mol. The Hall–Kier alpha value is -0.650. The van der Waals surface area contributed by atoms with Crippen LogP contribution in [0.4, 0.5) is 0 Å². The molecule has 3 fully saturated rings. The van der Waals surface area contributed by atoms with Crippen molar-refractivity contribution in [3.05, 3.63) is 0 Å². The minimum absolute atomic E-state index is 0. The molecule has 1 amide bonds. The molecule has 0 spiro atoms. The zero-order chi connectivity index (χ0) is 18.4.